The van der Waals surface area contributed by atoms with E-state index in [9.17, 15) is 5.26 Å². The van der Waals surface area contributed by atoms with E-state index < -0.39 is 0 Å². The number of hydrogen-bond donors (Lipinski definition) is 0. The SMILES string of the molecule is N#CC(=Cc1ccccc1OCc1ccccc1Cl)c1ccccc1Cl. The maximum atomic E-state index is 9.57. The maximum absolute atomic E-state index is 9.57. The molecule has 2 nitrogen and oxygen atoms in total. The van der Waals surface area contributed by atoms with E-state index in [1.165, 1.54) is 0 Å². The lowest BCUT2D eigenvalue weighted by molar-refractivity contribution is 0.305. The normalized spacial score (nSPS) is 11.0. The summed E-state index contributed by atoms with van der Waals surface area (Å²) >= 11 is 12.4. The number of ether oxygens (including phenoxy) is 1. The standard InChI is InChI=1S/C22H15Cl2NO/c23-20-10-4-1-8-17(20)15-26-22-12-6-2-7-16(22)13-18(14-25)19-9-3-5-11-21(19)24/h1-13H,15H2. The molecule has 0 aliphatic heterocycles. The fourth-order valence-corrected chi connectivity index (χ4v) is 2.94. The van der Waals surface area contributed by atoms with Crippen molar-refractivity contribution in [3.8, 4) is 11.8 Å². The van der Waals surface area contributed by atoms with Crippen molar-refractivity contribution in [2.24, 2.45) is 0 Å². The van der Waals surface area contributed by atoms with Gasteiger partial charge in [-0.2, -0.15) is 5.26 Å². The van der Waals surface area contributed by atoms with Gasteiger partial charge in [-0.15, -0.1) is 0 Å². The molecule has 0 atom stereocenters. The molecule has 0 bridgehead atoms. The third-order valence-corrected chi connectivity index (χ3v) is 4.54. The minimum absolute atomic E-state index is 0.346. The first kappa shape index (κ1) is 18.1. The molecule has 3 aromatic carbocycles. The van der Waals surface area contributed by atoms with Crippen molar-refractivity contribution in [2.45, 2.75) is 6.61 Å². The van der Waals surface area contributed by atoms with Gasteiger partial charge in [0.05, 0.1) is 11.6 Å². The first-order valence-electron chi connectivity index (χ1n) is 8.01. The highest BCUT2D eigenvalue weighted by atomic mass is 35.5. The second-order valence-corrected chi connectivity index (χ2v) is 6.38. The molecular weight excluding hydrogens is 365 g/mol. The Hall–Kier alpha value is -2.73. The van der Waals surface area contributed by atoms with Crippen LogP contribution in [0.2, 0.25) is 10.0 Å². The van der Waals surface area contributed by atoms with Crippen molar-refractivity contribution in [2.75, 3.05) is 0 Å². The minimum atomic E-state index is 0.346. The highest BCUT2D eigenvalue weighted by molar-refractivity contribution is 6.32. The number of rotatable bonds is 5. The molecule has 0 aromatic heterocycles. The molecule has 4 heteroatoms. The van der Waals surface area contributed by atoms with E-state index in [0.717, 1.165) is 11.1 Å². The summed E-state index contributed by atoms with van der Waals surface area (Å²) in [6, 6.07) is 24.6. The van der Waals surface area contributed by atoms with Crippen molar-refractivity contribution < 1.29 is 4.74 Å². The summed E-state index contributed by atoms with van der Waals surface area (Å²) < 4.78 is 5.94. The number of para-hydroxylation sites is 1. The van der Waals surface area contributed by atoms with Gasteiger partial charge in [0, 0.05) is 26.7 Å². The summed E-state index contributed by atoms with van der Waals surface area (Å²) in [6.45, 7) is 0.346. The molecule has 0 saturated carbocycles. The number of nitriles is 1. The Labute approximate surface area is 162 Å². The molecule has 0 fully saturated rings. The second-order valence-electron chi connectivity index (χ2n) is 5.57. The van der Waals surface area contributed by atoms with Crippen LogP contribution in [0.3, 0.4) is 0 Å². The first-order valence-corrected chi connectivity index (χ1v) is 8.76. The van der Waals surface area contributed by atoms with Crippen LogP contribution in [0.1, 0.15) is 16.7 Å². The van der Waals surface area contributed by atoms with Crippen LogP contribution in [0.15, 0.2) is 72.8 Å². The van der Waals surface area contributed by atoms with Crippen molar-refractivity contribution in [1.29, 1.82) is 5.26 Å². The maximum Gasteiger partial charge on any atom is 0.127 e. The molecule has 3 rings (SSSR count). The zero-order valence-corrected chi connectivity index (χ0v) is 15.3. The van der Waals surface area contributed by atoms with Crippen LogP contribution in [0, 0.1) is 11.3 Å². The van der Waals surface area contributed by atoms with Gasteiger partial charge in [-0.3, -0.25) is 0 Å². The third-order valence-electron chi connectivity index (χ3n) is 3.84. The van der Waals surface area contributed by atoms with Crippen molar-refractivity contribution in [1.82, 2.24) is 0 Å². The Bertz CT molecular complexity index is 989. The highest BCUT2D eigenvalue weighted by Crippen LogP contribution is 2.29. The van der Waals surface area contributed by atoms with Crippen LogP contribution in [0.5, 0.6) is 5.75 Å². The van der Waals surface area contributed by atoms with Crippen LogP contribution in [-0.2, 0) is 6.61 Å². The molecule has 0 aliphatic carbocycles. The first-order chi connectivity index (χ1) is 12.7. The molecule has 0 spiro atoms. The smallest absolute Gasteiger partial charge is 0.127 e. The molecule has 3 aromatic rings. The summed E-state index contributed by atoms with van der Waals surface area (Å²) in [4.78, 5) is 0. The number of hydrogen-bond acceptors (Lipinski definition) is 2. The van der Waals surface area contributed by atoms with Gasteiger partial charge in [-0.05, 0) is 24.3 Å². The molecule has 128 valence electrons. The van der Waals surface area contributed by atoms with Gasteiger partial charge in [-0.25, -0.2) is 0 Å². The van der Waals surface area contributed by atoms with Gasteiger partial charge < -0.3 is 4.74 Å². The van der Waals surface area contributed by atoms with Gasteiger partial charge in [0.15, 0.2) is 0 Å². The summed E-state index contributed by atoms with van der Waals surface area (Å²) in [5, 5.41) is 10.8. The van der Waals surface area contributed by atoms with E-state index in [4.69, 9.17) is 27.9 Å². The summed E-state index contributed by atoms with van der Waals surface area (Å²) in [7, 11) is 0. The summed E-state index contributed by atoms with van der Waals surface area (Å²) in [5.74, 6) is 0.673. The number of halogens is 2. The van der Waals surface area contributed by atoms with E-state index in [-0.39, 0.29) is 0 Å². The van der Waals surface area contributed by atoms with Gasteiger partial charge in [0.2, 0.25) is 0 Å². The summed E-state index contributed by atoms with van der Waals surface area (Å²) in [5.41, 5.74) is 2.87. The molecule has 0 amide bonds. The van der Waals surface area contributed by atoms with E-state index in [2.05, 4.69) is 6.07 Å². The average molecular weight is 380 g/mol. The molecule has 26 heavy (non-hydrogen) atoms. The Balaban J connectivity index is 1.90. The van der Waals surface area contributed by atoms with Gasteiger partial charge in [0.25, 0.3) is 0 Å². The lowest BCUT2D eigenvalue weighted by Gasteiger charge is -2.11. The fourth-order valence-electron chi connectivity index (χ4n) is 2.51. The largest absolute Gasteiger partial charge is 0.488 e. The molecular formula is C22H15Cl2NO. The molecule has 0 aliphatic rings. The van der Waals surface area contributed by atoms with Crippen LogP contribution < -0.4 is 4.74 Å². The van der Waals surface area contributed by atoms with E-state index >= 15 is 0 Å². The number of benzene rings is 3. The second kappa shape index (κ2) is 8.58. The average Bonchev–Trinajstić information content (AvgIpc) is 2.67. The van der Waals surface area contributed by atoms with Gasteiger partial charge >= 0.3 is 0 Å². The van der Waals surface area contributed by atoms with Gasteiger partial charge in [-0.1, -0.05) is 77.8 Å². The quantitative estimate of drug-likeness (QED) is 0.367. The fraction of sp³-hybridized carbons (Fsp3) is 0.0455. The molecule has 0 unspecified atom stereocenters. The van der Waals surface area contributed by atoms with Crippen LogP contribution in [-0.4, -0.2) is 0 Å². The molecule has 0 heterocycles. The Morgan fingerprint density at radius 1 is 0.885 bits per heavy atom. The summed E-state index contributed by atoms with van der Waals surface area (Å²) in [6.07, 6.45) is 1.78. The zero-order valence-electron chi connectivity index (χ0n) is 13.8. The Kier molecular flexibility index (Phi) is 5.96. The van der Waals surface area contributed by atoms with E-state index in [1.807, 2.05) is 66.7 Å². The molecule has 0 N–H and O–H groups in total. The van der Waals surface area contributed by atoms with Crippen molar-refractivity contribution in [3.63, 3.8) is 0 Å². The lowest BCUT2D eigenvalue weighted by atomic mass is 10.0. The zero-order chi connectivity index (χ0) is 18.4. The predicted molar refractivity (Wildman–Crippen MR) is 107 cm³/mol. The lowest BCUT2D eigenvalue weighted by Crippen LogP contribution is -1.97. The Morgan fingerprint density at radius 3 is 2.27 bits per heavy atom. The van der Waals surface area contributed by atoms with Crippen LogP contribution in [0.25, 0.3) is 11.6 Å². The topological polar surface area (TPSA) is 33.0 Å². The molecule has 0 radical (unpaired) electrons. The highest BCUT2D eigenvalue weighted by Gasteiger charge is 2.08. The van der Waals surface area contributed by atoms with Crippen LogP contribution >= 0.6 is 23.2 Å². The predicted octanol–water partition coefficient (Wildman–Crippen LogP) is 6.64. The number of allylic oxidation sites excluding steroid dienone is 1. The van der Waals surface area contributed by atoms with Gasteiger partial charge in [0.1, 0.15) is 12.4 Å². The van der Waals surface area contributed by atoms with Crippen LogP contribution in [0.4, 0.5) is 0 Å². The van der Waals surface area contributed by atoms with E-state index in [0.29, 0.717) is 33.5 Å². The monoisotopic (exact) mass is 379 g/mol. The molecule has 0 saturated heterocycles. The van der Waals surface area contributed by atoms with E-state index in [1.54, 1.807) is 12.1 Å². The van der Waals surface area contributed by atoms with Crippen molar-refractivity contribution >= 4 is 34.9 Å². The van der Waals surface area contributed by atoms with Crippen molar-refractivity contribution in [3.05, 3.63) is 99.5 Å². The minimum Gasteiger partial charge on any atom is -0.488 e. The third kappa shape index (κ3) is 4.26. The number of nitrogens with zero attached hydrogens (tertiary/aromatic N) is 1. The Morgan fingerprint density at radius 2 is 1.54 bits per heavy atom.